The first kappa shape index (κ1) is 19.8. The second-order valence-corrected chi connectivity index (χ2v) is 6.23. The molecule has 0 aliphatic rings. The molecule has 4 heteroatoms. The van der Waals surface area contributed by atoms with E-state index in [4.69, 9.17) is 4.74 Å². The second-order valence-electron chi connectivity index (χ2n) is 6.23. The van der Waals surface area contributed by atoms with E-state index in [-0.39, 0.29) is 11.9 Å². The third-order valence-corrected chi connectivity index (χ3v) is 3.46. The quantitative estimate of drug-likeness (QED) is 0.426. The Hall–Kier alpha value is -2.20. The number of rotatable bonds is 9. The fraction of sp³-hybridized carbons (Fsp3) is 0.400. The first-order chi connectivity index (χ1) is 11.4. The highest BCUT2D eigenvalue weighted by molar-refractivity contribution is 5.81. The zero-order valence-corrected chi connectivity index (χ0v) is 14.5. The van der Waals surface area contributed by atoms with Gasteiger partial charge in [-0.2, -0.15) is 0 Å². The predicted octanol–water partition coefficient (Wildman–Crippen LogP) is 3.65. The molecule has 0 saturated heterocycles. The highest BCUT2D eigenvalue weighted by Crippen LogP contribution is 2.13. The van der Waals surface area contributed by atoms with E-state index in [1.165, 1.54) is 6.08 Å². The zero-order valence-electron chi connectivity index (χ0n) is 14.5. The van der Waals surface area contributed by atoms with Gasteiger partial charge in [0.1, 0.15) is 6.29 Å². The van der Waals surface area contributed by atoms with Crippen LogP contribution in [0.1, 0.15) is 43.1 Å². The van der Waals surface area contributed by atoms with Crippen LogP contribution < -0.4 is 0 Å². The molecule has 0 aliphatic heterocycles. The van der Waals surface area contributed by atoms with Crippen molar-refractivity contribution in [1.82, 2.24) is 0 Å². The van der Waals surface area contributed by atoms with Crippen LogP contribution in [0.3, 0.4) is 0 Å². The number of carbonyl (C=O) groups is 2. The maximum Gasteiger partial charge on any atom is 0.330 e. The summed E-state index contributed by atoms with van der Waals surface area (Å²) in [6, 6.07) is 7.20. The lowest BCUT2D eigenvalue weighted by Gasteiger charge is -2.13. The van der Waals surface area contributed by atoms with Gasteiger partial charge in [-0.05, 0) is 17.9 Å². The number of carbonyl (C=O) groups excluding carboxylic acids is 2. The average molecular weight is 330 g/mol. The highest BCUT2D eigenvalue weighted by Gasteiger charge is 2.09. The normalized spacial score (nSPS) is 14.2. The molecule has 0 unspecified atom stereocenters. The lowest BCUT2D eigenvalue weighted by molar-refractivity contribution is -0.138. The maximum atomic E-state index is 11.4. The highest BCUT2D eigenvalue weighted by atomic mass is 16.5. The summed E-state index contributed by atoms with van der Waals surface area (Å²) >= 11 is 0. The Morgan fingerprint density at radius 3 is 2.38 bits per heavy atom. The van der Waals surface area contributed by atoms with Crippen LogP contribution >= 0.6 is 0 Å². The van der Waals surface area contributed by atoms with Gasteiger partial charge in [-0.3, -0.25) is 4.79 Å². The summed E-state index contributed by atoms with van der Waals surface area (Å²) in [7, 11) is 0. The SMILES string of the molecule is CC(C)COC(=O)/C=C/C[C@H](O)[C@H](C)/C=C/c1ccc(C=O)cc1. The van der Waals surface area contributed by atoms with Gasteiger partial charge in [0.15, 0.2) is 0 Å². The van der Waals surface area contributed by atoms with E-state index in [2.05, 4.69) is 0 Å². The van der Waals surface area contributed by atoms with E-state index in [9.17, 15) is 14.7 Å². The summed E-state index contributed by atoms with van der Waals surface area (Å²) in [5, 5.41) is 10.1. The van der Waals surface area contributed by atoms with Crippen LogP contribution in [0.25, 0.3) is 6.08 Å². The smallest absolute Gasteiger partial charge is 0.330 e. The third-order valence-electron chi connectivity index (χ3n) is 3.46. The van der Waals surface area contributed by atoms with Gasteiger partial charge in [0, 0.05) is 17.6 Å². The number of aldehydes is 1. The van der Waals surface area contributed by atoms with Crippen molar-refractivity contribution in [3.8, 4) is 0 Å². The van der Waals surface area contributed by atoms with E-state index in [1.807, 2.05) is 45.1 Å². The molecule has 1 rings (SSSR count). The van der Waals surface area contributed by atoms with Gasteiger partial charge in [-0.25, -0.2) is 4.79 Å². The second kappa shape index (κ2) is 10.6. The van der Waals surface area contributed by atoms with Gasteiger partial charge in [-0.15, -0.1) is 0 Å². The van der Waals surface area contributed by atoms with E-state index >= 15 is 0 Å². The van der Waals surface area contributed by atoms with Crippen LogP contribution in [0.4, 0.5) is 0 Å². The largest absolute Gasteiger partial charge is 0.462 e. The van der Waals surface area contributed by atoms with Crippen molar-refractivity contribution >= 4 is 18.3 Å². The van der Waals surface area contributed by atoms with Gasteiger partial charge in [-0.1, -0.05) is 63.3 Å². The van der Waals surface area contributed by atoms with Crippen molar-refractivity contribution in [3.05, 3.63) is 53.6 Å². The molecular formula is C20H26O4. The first-order valence-electron chi connectivity index (χ1n) is 8.17. The summed E-state index contributed by atoms with van der Waals surface area (Å²) in [4.78, 5) is 22.0. The molecule has 0 aliphatic carbocycles. The maximum absolute atomic E-state index is 11.4. The number of aliphatic hydroxyl groups excluding tert-OH is 1. The zero-order chi connectivity index (χ0) is 17.9. The minimum absolute atomic E-state index is 0.0629. The molecule has 0 radical (unpaired) electrons. The molecule has 24 heavy (non-hydrogen) atoms. The van der Waals surface area contributed by atoms with Crippen LogP contribution in [-0.4, -0.2) is 30.1 Å². The molecule has 0 saturated carbocycles. The molecule has 0 bridgehead atoms. The number of benzene rings is 1. The third kappa shape index (κ3) is 7.88. The monoisotopic (exact) mass is 330 g/mol. The number of aliphatic hydroxyl groups is 1. The van der Waals surface area contributed by atoms with E-state index in [0.717, 1.165) is 11.8 Å². The first-order valence-corrected chi connectivity index (χ1v) is 8.17. The Morgan fingerprint density at radius 2 is 1.79 bits per heavy atom. The minimum Gasteiger partial charge on any atom is -0.462 e. The van der Waals surface area contributed by atoms with E-state index in [1.54, 1.807) is 18.2 Å². The predicted molar refractivity (Wildman–Crippen MR) is 95.6 cm³/mol. The molecular weight excluding hydrogens is 304 g/mol. The number of ether oxygens (including phenoxy) is 1. The van der Waals surface area contributed by atoms with Gasteiger partial charge < -0.3 is 9.84 Å². The van der Waals surface area contributed by atoms with E-state index in [0.29, 0.717) is 24.5 Å². The average Bonchev–Trinajstić information content (AvgIpc) is 2.58. The van der Waals surface area contributed by atoms with Crippen LogP contribution in [0.15, 0.2) is 42.5 Å². The lowest BCUT2D eigenvalue weighted by atomic mass is 10.00. The molecule has 0 fully saturated rings. The lowest BCUT2D eigenvalue weighted by Crippen LogP contribution is -2.14. The minimum atomic E-state index is -0.579. The molecule has 0 amide bonds. The molecule has 1 N–H and O–H groups in total. The number of hydrogen-bond donors (Lipinski definition) is 1. The Balaban J connectivity index is 2.43. The van der Waals surface area contributed by atoms with Crippen LogP contribution in [-0.2, 0) is 9.53 Å². The molecule has 1 aromatic carbocycles. The van der Waals surface area contributed by atoms with Gasteiger partial charge in [0.25, 0.3) is 0 Å². The standard InChI is InChI=1S/C20H26O4/c1-15(2)14-24-20(23)6-4-5-19(22)16(3)7-8-17-9-11-18(13-21)12-10-17/h4,6-13,15-16,19,22H,5,14H2,1-3H3/b6-4+,8-7+/t16-,19+/m1/s1. The van der Waals surface area contributed by atoms with Crippen LogP contribution in [0.2, 0.25) is 0 Å². The van der Waals surface area contributed by atoms with Crippen molar-refractivity contribution in [2.45, 2.75) is 33.3 Å². The van der Waals surface area contributed by atoms with Crippen molar-refractivity contribution in [3.63, 3.8) is 0 Å². The number of hydrogen-bond acceptors (Lipinski definition) is 4. The molecule has 0 spiro atoms. The van der Waals surface area contributed by atoms with Crippen molar-refractivity contribution in [2.75, 3.05) is 6.61 Å². The van der Waals surface area contributed by atoms with Crippen LogP contribution in [0, 0.1) is 11.8 Å². The summed E-state index contributed by atoms with van der Waals surface area (Å²) < 4.78 is 5.02. The van der Waals surface area contributed by atoms with Gasteiger partial charge in [0.05, 0.1) is 12.7 Å². The summed E-state index contributed by atoms with van der Waals surface area (Å²) in [5.74, 6) is -0.139. The number of esters is 1. The van der Waals surface area contributed by atoms with Crippen molar-refractivity contribution < 1.29 is 19.4 Å². The van der Waals surface area contributed by atoms with Crippen molar-refractivity contribution in [2.24, 2.45) is 11.8 Å². The molecule has 4 nitrogen and oxygen atoms in total. The Bertz CT molecular complexity index is 570. The Morgan fingerprint density at radius 1 is 1.17 bits per heavy atom. The molecule has 0 aromatic heterocycles. The Kier molecular flexibility index (Phi) is 8.72. The van der Waals surface area contributed by atoms with Gasteiger partial charge in [0.2, 0.25) is 0 Å². The summed E-state index contributed by atoms with van der Waals surface area (Å²) in [6.45, 7) is 6.25. The molecule has 130 valence electrons. The topological polar surface area (TPSA) is 63.6 Å². The van der Waals surface area contributed by atoms with Gasteiger partial charge >= 0.3 is 5.97 Å². The fourth-order valence-electron chi connectivity index (χ4n) is 1.89. The fourth-order valence-corrected chi connectivity index (χ4v) is 1.89. The van der Waals surface area contributed by atoms with Crippen LogP contribution in [0.5, 0.6) is 0 Å². The Labute approximate surface area is 143 Å². The molecule has 0 heterocycles. The molecule has 1 aromatic rings. The van der Waals surface area contributed by atoms with Crippen molar-refractivity contribution in [1.29, 1.82) is 0 Å². The molecule has 2 atom stereocenters. The van der Waals surface area contributed by atoms with E-state index < -0.39 is 6.10 Å². The summed E-state index contributed by atoms with van der Waals surface area (Å²) in [5.41, 5.74) is 1.60. The summed E-state index contributed by atoms with van der Waals surface area (Å²) in [6.07, 6.45) is 7.42.